The van der Waals surface area contributed by atoms with E-state index in [4.69, 9.17) is 27.9 Å². The molecule has 20 heavy (non-hydrogen) atoms. The first-order valence-corrected chi connectivity index (χ1v) is 7.02. The van der Waals surface area contributed by atoms with Crippen molar-refractivity contribution in [2.45, 2.75) is 13.2 Å². The van der Waals surface area contributed by atoms with Crippen LogP contribution >= 0.6 is 23.2 Å². The van der Waals surface area contributed by atoms with E-state index in [0.717, 1.165) is 21.8 Å². The van der Waals surface area contributed by atoms with Gasteiger partial charge in [0.1, 0.15) is 0 Å². The van der Waals surface area contributed by atoms with Gasteiger partial charge in [-0.2, -0.15) is 0 Å². The van der Waals surface area contributed by atoms with Crippen LogP contribution < -0.4 is 0 Å². The molecule has 3 rings (SSSR count). The Balaban J connectivity index is 2.43. The van der Waals surface area contributed by atoms with Crippen LogP contribution in [-0.2, 0) is 4.74 Å². The number of halogens is 2. The molecule has 0 bridgehead atoms. The molecule has 1 atom stereocenters. The van der Waals surface area contributed by atoms with Gasteiger partial charge in [-0.25, -0.2) is 0 Å². The second kappa shape index (κ2) is 5.04. The Hall–Kier alpha value is -1.64. The highest BCUT2D eigenvalue weighted by Crippen LogP contribution is 2.35. The van der Waals surface area contributed by atoms with Crippen LogP contribution in [-0.4, -0.2) is 4.57 Å². The molecule has 0 radical (unpaired) electrons. The second-order valence-electron chi connectivity index (χ2n) is 4.60. The molecule has 0 N–H and O–H groups in total. The summed E-state index contributed by atoms with van der Waals surface area (Å²) in [4.78, 5) is 0. The van der Waals surface area contributed by atoms with Crippen LogP contribution in [0.25, 0.3) is 21.8 Å². The Labute approximate surface area is 127 Å². The molecule has 1 heterocycles. The molecule has 0 unspecified atom stereocenters. The van der Waals surface area contributed by atoms with Crippen LogP contribution in [0.3, 0.4) is 0 Å². The van der Waals surface area contributed by atoms with Crippen molar-refractivity contribution < 1.29 is 4.74 Å². The highest BCUT2D eigenvalue weighted by molar-refractivity contribution is 6.33. The minimum absolute atomic E-state index is 0.158. The molecule has 0 aliphatic heterocycles. The molecule has 0 fully saturated rings. The molecule has 0 aliphatic rings. The standard InChI is InChI=1S/C16H13Cl2NO/c1-3-20-10(2)19-15-6-4-11(17)8-13(15)14-9-12(18)5-7-16(14)19/h3-10H,1H2,2H3/t10-/m0/s1. The molecule has 0 saturated heterocycles. The molecule has 0 aliphatic carbocycles. The van der Waals surface area contributed by atoms with Crippen molar-refractivity contribution in [3.63, 3.8) is 0 Å². The lowest BCUT2D eigenvalue weighted by Crippen LogP contribution is -2.05. The average molecular weight is 306 g/mol. The molecule has 0 amide bonds. The van der Waals surface area contributed by atoms with Crippen molar-refractivity contribution in [1.82, 2.24) is 4.57 Å². The van der Waals surface area contributed by atoms with Crippen molar-refractivity contribution in [3.05, 3.63) is 59.3 Å². The van der Waals surface area contributed by atoms with Gasteiger partial charge in [0.25, 0.3) is 0 Å². The number of fused-ring (bicyclic) bond motifs is 3. The molecular formula is C16H13Cl2NO. The van der Waals surface area contributed by atoms with Crippen molar-refractivity contribution in [2.75, 3.05) is 0 Å². The maximum Gasteiger partial charge on any atom is 0.172 e. The zero-order valence-corrected chi connectivity index (χ0v) is 12.4. The summed E-state index contributed by atoms with van der Waals surface area (Å²) in [6, 6.07) is 11.6. The van der Waals surface area contributed by atoms with Gasteiger partial charge in [-0.1, -0.05) is 29.8 Å². The summed E-state index contributed by atoms with van der Waals surface area (Å²) in [5.74, 6) is 0. The first kappa shape index (κ1) is 13.3. The van der Waals surface area contributed by atoms with Gasteiger partial charge in [-0.3, -0.25) is 0 Å². The lowest BCUT2D eigenvalue weighted by atomic mass is 10.1. The Kier molecular flexibility index (Phi) is 3.36. The van der Waals surface area contributed by atoms with E-state index >= 15 is 0 Å². The van der Waals surface area contributed by atoms with E-state index in [1.54, 1.807) is 0 Å². The summed E-state index contributed by atoms with van der Waals surface area (Å²) in [5.41, 5.74) is 2.11. The average Bonchev–Trinajstić information content (AvgIpc) is 2.72. The molecule has 3 aromatic rings. The highest BCUT2D eigenvalue weighted by atomic mass is 35.5. The first-order chi connectivity index (χ1) is 9.61. The Morgan fingerprint density at radius 3 is 2.00 bits per heavy atom. The summed E-state index contributed by atoms with van der Waals surface area (Å²) in [6.07, 6.45) is 1.30. The minimum atomic E-state index is -0.158. The highest BCUT2D eigenvalue weighted by Gasteiger charge is 2.15. The maximum atomic E-state index is 6.12. The molecule has 4 heteroatoms. The summed E-state index contributed by atoms with van der Waals surface area (Å²) < 4.78 is 7.63. The van der Waals surface area contributed by atoms with Crippen LogP contribution in [0.4, 0.5) is 0 Å². The predicted octanol–water partition coefficient (Wildman–Crippen LogP) is 5.78. The summed E-state index contributed by atoms with van der Waals surface area (Å²) in [7, 11) is 0. The molecule has 0 spiro atoms. The van der Waals surface area contributed by atoms with Gasteiger partial charge >= 0.3 is 0 Å². The Morgan fingerprint density at radius 2 is 1.55 bits per heavy atom. The number of hydrogen-bond acceptors (Lipinski definition) is 1. The topological polar surface area (TPSA) is 14.2 Å². The van der Waals surface area contributed by atoms with Gasteiger partial charge < -0.3 is 9.30 Å². The number of aromatic nitrogens is 1. The van der Waals surface area contributed by atoms with E-state index < -0.39 is 0 Å². The summed E-state index contributed by atoms with van der Waals surface area (Å²) in [6.45, 7) is 5.60. The zero-order chi connectivity index (χ0) is 14.3. The molecule has 2 nitrogen and oxygen atoms in total. The third-order valence-electron chi connectivity index (χ3n) is 3.38. The molecule has 102 valence electrons. The number of benzene rings is 2. The van der Waals surface area contributed by atoms with Crippen molar-refractivity contribution in [3.8, 4) is 0 Å². The molecule has 0 saturated carbocycles. The summed E-state index contributed by atoms with van der Waals surface area (Å²) in [5, 5.41) is 3.53. The van der Waals surface area contributed by atoms with Gasteiger partial charge in [0.2, 0.25) is 0 Å². The third kappa shape index (κ3) is 2.05. The normalized spacial score (nSPS) is 12.8. The van der Waals surface area contributed by atoms with E-state index in [1.807, 2.05) is 43.3 Å². The monoisotopic (exact) mass is 305 g/mol. The van der Waals surface area contributed by atoms with Gasteiger partial charge in [-0.15, -0.1) is 0 Å². The minimum Gasteiger partial charge on any atom is -0.479 e. The van der Waals surface area contributed by atoms with Crippen molar-refractivity contribution in [1.29, 1.82) is 0 Å². The van der Waals surface area contributed by atoms with Crippen molar-refractivity contribution in [2.24, 2.45) is 0 Å². The predicted molar refractivity (Wildman–Crippen MR) is 85.5 cm³/mol. The fourth-order valence-electron chi connectivity index (χ4n) is 2.59. The smallest absolute Gasteiger partial charge is 0.172 e. The Morgan fingerprint density at radius 1 is 1.05 bits per heavy atom. The van der Waals surface area contributed by atoms with E-state index in [0.29, 0.717) is 10.0 Å². The van der Waals surface area contributed by atoms with Crippen LogP contribution in [0.5, 0.6) is 0 Å². The number of nitrogens with zero attached hydrogens (tertiary/aromatic N) is 1. The van der Waals surface area contributed by atoms with E-state index in [1.165, 1.54) is 6.26 Å². The quantitative estimate of drug-likeness (QED) is 0.559. The van der Waals surface area contributed by atoms with E-state index in [9.17, 15) is 0 Å². The maximum absolute atomic E-state index is 6.12. The van der Waals surface area contributed by atoms with Gasteiger partial charge in [0.15, 0.2) is 6.23 Å². The fraction of sp³-hybridized carbons (Fsp3) is 0.125. The lowest BCUT2D eigenvalue weighted by Gasteiger charge is -2.16. The van der Waals surface area contributed by atoms with Gasteiger partial charge in [-0.05, 0) is 43.3 Å². The zero-order valence-electron chi connectivity index (χ0n) is 10.9. The van der Waals surface area contributed by atoms with E-state index in [2.05, 4.69) is 11.1 Å². The lowest BCUT2D eigenvalue weighted by molar-refractivity contribution is 0.107. The van der Waals surface area contributed by atoms with Crippen LogP contribution in [0.1, 0.15) is 13.2 Å². The second-order valence-corrected chi connectivity index (χ2v) is 5.47. The van der Waals surface area contributed by atoms with E-state index in [-0.39, 0.29) is 6.23 Å². The Bertz CT molecular complexity index is 748. The van der Waals surface area contributed by atoms with Crippen LogP contribution in [0, 0.1) is 0 Å². The summed E-state index contributed by atoms with van der Waals surface area (Å²) >= 11 is 12.2. The SMILES string of the molecule is C=CO[C@@H](C)n1c2ccc(Cl)cc2c2cc(Cl)ccc21. The van der Waals surface area contributed by atoms with Gasteiger partial charge in [0, 0.05) is 20.8 Å². The first-order valence-electron chi connectivity index (χ1n) is 6.27. The number of rotatable bonds is 3. The molecule has 2 aromatic carbocycles. The van der Waals surface area contributed by atoms with Crippen LogP contribution in [0.15, 0.2) is 49.2 Å². The number of hydrogen-bond donors (Lipinski definition) is 0. The van der Waals surface area contributed by atoms with Crippen LogP contribution in [0.2, 0.25) is 10.0 Å². The van der Waals surface area contributed by atoms with Gasteiger partial charge in [0.05, 0.1) is 17.3 Å². The third-order valence-corrected chi connectivity index (χ3v) is 3.85. The number of ether oxygens (including phenoxy) is 1. The van der Waals surface area contributed by atoms with Crippen molar-refractivity contribution >= 4 is 45.0 Å². The largest absolute Gasteiger partial charge is 0.479 e. The molecular weight excluding hydrogens is 293 g/mol. The fourth-order valence-corrected chi connectivity index (χ4v) is 2.93. The molecule has 1 aromatic heterocycles.